The van der Waals surface area contributed by atoms with E-state index in [2.05, 4.69) is 34.2 Å². The summed E-state index contributed by atoms with van der Waals surface area (Å²) in [6, 6.07) is 4.04. The van der Waals surface area contributed by atoms with E-state index in [9.17, 15) is 0 Å². The number of piperidine rings is 1. The average Bonchev–Trinajstić information content (AvgIpc) is 2.91. The zero-order valence-corrected chi connectivity index (χ0v) is 11.9. The van der Waals surface area contributed by atoms with E-state index in [1.54, 1.807) is 0 Å². The van der Waals surface area contributed by atoms with Crippen molar-refractivity contribution in [3.05, 3.63) is 29.5 Å². The highest BCUT2D eigenvalue weighted by Crippen LogP contribution is 2.33. The number of ether oxygens (including phenoxy) is 1. The summed E-state index contributed by atoms with van der Waals surface area (Å²) in [5.74, 6) is 0.596. The number of rotatable bonds is 2. The molecule has 4 nitrogen and oxygen atoms in total. The lowest BCUT2D eigenvalue weighted by molar-refractivity contribution is -0.0712. The van der Waals surface area contributed by atoms with E-state index < -0.39 is 6.02 Å². The molecule has 1 aromatic carbocycles. The first-order valence-corrected chi connectivity index (χ1v) is 7.42. The van der Waals surface area contributed by atoms with Crippen molar-refractivity contribution in [1.29, 1.82) is 0 Å². The van der Waals surface area contributed by atoms with Gasteiger partial charge in [-0.2, -0.15) is 5.10 Å². The van der Waals surface area contributed by atoms with Crippen molar-refractivity contribution in [2.45, 2.75) is 31.7 Å². The Kier molecular flexibility index (Phi) is 2.74. The number of aromatic nitrogens is 2. The van der Waals surface area contributed by atoms with Crippen molar-refractivity contribution in [2.75, 3.05) is 26.3 Å². The van der Waals surface area contributed by atoms with Crippen LogP contribution in [0.2, 0.25) is 0 Å². The van der Waals surface area contributed by atoms with Crippen LogP contribution in [0.15, 0.2) is 18.3 Å². The van der Waals surface area contributed by atoms with Gasteiger partial charge in [-0.1, -0.05) is 0 Å². The first kappa shape index (κ1) is 11.3. The van der Waals surface area contributed by atoms with Gasteiger partial charge in [-0.3, -0.25) is 10.00 Å². The molecule has 0 amide bonds. The molecule has 106 valence electrons. The van der Waals surface area contributed by atoms with Gasteiger partial charge in [-0.05, 0) is 62.0 Å². The Morgan fingerprint density at radius 3 is 2.85 bits per heavy atom. The zero-order valence-electron chi connectivity index (χ0n) is 12.9. The topological polar surface area (TPSA) is 41.2 Å². The molecule has 2 aromatic rings. The average molecular weight is 272 g/mol. The molecule has 1 aromatic heterocycles. The van der Waals surface area contributed by atoms with Crippen molar-refractivity contribution in [2.24, 2.45) is 0 Å². The second kappa shape index (κ2) is 4.86. The number of nitrogens with one attached hydrogen (secondary N) is 1. The molecule has 2 fully saturated rings. The minimum atomic E-state index is -0.451. The van der Waals surface area contributed by atoms with E-state index in [0.717, 1.165) is 31.4 Å². The number of likely N-dealkylation sites (tertiary alicyclic amines) is 1. The van der Waals surface area contributed by atoms with Gasteiger partial charge in [0.2, 0.25) is 0 Å². The lowest BCUT2D eigenvalue weighted by Gasteiger charge is -2.41. The van der Waals surface area contributed by atoms with Crippen molar-refractivity contribution < 1.29 is 6.11 Å². The molecule has 2 aliphatic heterocycles. The molecule has 4 rings (SSSR count). The molecular formula is C16H21N3O. The lowest BCUT2D eigenvalue weighted by atomic mass is 9.86. The Morgan fingerprint density at radius 1 is 1.35 bits per heavy atom. The predicted molar refractivity (Wildman–Crippen MR) is 79.0 cm³/mol. The fourth-order valence-corrected chi connectivity index (χ4v) is 3.44. The molecule has 3 heterocycles. The van der Waals surface area contributed by atoms with Gasteiger partial charge in [0, 0.05) is 5.39 Å². The van der Waals surface area contributed by atoms with Crippen molar-refractivity contribution in [3.8, 4) is 0 Å². The number of hydrogen-bond donors (Lipinski definition) is 1. The van der Waals surface area contributed by atoms with Crippen molar-refractivity contribution >= 4 is 10.9 Å². The highest BCUT2D eigenvalue weighted by Gasteiger charge is 2.30. The first-order valence-electron chi connectivity index (χ1n) is 7.92. The molecule has 2 saturated heterocycles. The monoisotopic (exact) mass is 272 g/mol. The fourth-order valence-electron chi connectivity index (χ4n) is 3.44. The standard InChI is InChI=1S/C16H21N3O/c1-11-6-13-8-17-18-16(13)7-15(11)12-2-4-19(5-3-12)14-9-20-10-14/h6-8,12,14H,2-5,9-10H2,1H3,(H,17,18)/i14D. The largest absolute Gasteiger partial charge is 0.378 e. The van der Waals surface area contributed by atoms with Crippen molar-refractivity contribution in [1.82, 2.24) is 15.1 Å². The number of nitrogens with zero attached hydrogens (tertiary/aromatic N) is 2. The smallest absolute Gasteiger partial charge is 0.0653 e. The summed E-state index contributed by atoms with van der Waals surface area (Å²) >= 11 is 0. The van der Waals surface area contributed by atoms with Gasteiger partial charge in [-0.25, -0.2) is 0 Å². The Morgan fingerprint density at radius 2 is 2.15 bits per heavy atom. The Labute approximate surface area is 120 Å². The molecule has 0 radical (unpaired) electrons. The SMILES string of the molecule is [2H]C1(N2CCC(c3cc4[nH]ncc4cc3C)CC2)COC1. The maximum atomic E-state index is 8.34. The van der Waals surface area contributed by atoms with Gasteiger partial charge in [0.1, 0.15) is 0 Å². The maximum absolute atomic E-state index is 8.34. The van der Waals surface area contributed by atoms with E-state index in [1.807, 2.05) is 6.20 Å². The molecule has 2 aliphatic rings. The van der Waals surface area contributed by atoms with Crippen LogP contribution >= 0.6 is 0 Å². The van der Waals surface area contributed by atoms with Crippen LogP contribution < -0.4 is 0 Å². The Bertz CT molecular complexity index is 657. The van der Waals surface area contributed by atoms with Gasteiger partial charge < -0.3 is 4.74 Å². The van der Waals surface area contributed by atoms with Crippen LogP contribution in [0.25, 0.3) is 10.9 Å². The number of benzene rings is 1. The van der Waals surface area contributed by atoms with E-state index in [1.165, 1.54) is 16.5 Å². The highest BCUT2D eigenvalue weighted by molar-refractivity contribution is 5.79. The molecule has 4 heteroatoms. The molecule has 0 atom stereocenters. The van der Waals surface area contributed by atoms with Gasteiger partial charge in [0.25, 0.3) is 0 Å². The predicted octanol–water partition coefficient (Wildman–Crippen LogP) is 2.45. The minimum absolute atomic E-state index is 0.451. The number of hydrogen-bond acceptors (Lipinski definition) is 3. The molecule has 0 saturated carbocycles. The third-order valence-corrected chi connectivity index (χ3v) is 4.75. The van der Waals surface area contributed by atoms with Crippen LogP contribution in [0.3, 0.4) is 0 Å². The zero-order chi connectivity index (χ0) is 14.4. The van der Waals surface area contributed by atoms with Gasteiger partial charge in [0.05, 0.1) is 32.3 Å². The van der Waals surface area contributed by atoms with Gasteiger partial charge >= 0.3 is 0 Å². The van der Waals surface area contributed by atoms with Crippen LogP contribution in [0.4, 0.5) is 0 Å². The van der Waals surface area contributed by atoms with Crippen LogP contribution in [-0.4, -0.2) is 47.4 Å². The number of aromatic amines is 1. The van der Waals surface area contributed by atoms with Gasteiger partial charge in [-0.15, -0.1) is 0 Å². The van der Waals surface area contributed by atoms with Gasteiger partial charge in [0.15, 0.2) is 0 Å². The molecule has 20 heavy (non-hydrogen) atoms. The second-order valence-electron chi connectivity index (χ2n) is 5.99. The molecular weight excluding hydrogens is 250 g/mol. The molecule has 0 aliphatic carbocycles. The molecule has 1 N–H and O–H groups in total. The number of aryl methyl sites for hydroxylation is 1. The summed E-state index contributed by atoms with van der Waals surface area (Å²) in [5.41, 5.74) is 3.92. The number of fused-ring (bicyclic) bond motifs is 1. The van der Waals surface area contributed by atoms with Crippen LogP contribution in [0.1, 0.15) is 31.3 Å². The third kappa shape index (κ3) is 2.03. The molecule has 0 bridgehead atoms. The third-order valence-electron chi connectivity index (χ3n) is 4.75. The van der Waals surface area contributed by atoms with Crippen LogP contribution in [0.5, 0.6) is 0 Å². The first-order chi connectivity index (χ1) is 10.2. The quantitative estimate of drug-likeness (QED) is 0.913. The van der Waals surface area contributed by atoms with E-state index in [-0.39, 0.29) is 0 Å². The molecule has 0 unspecified atom stereocenters. The van der Waals surface area contributed by atoms with E-state index in [4.69, 9.17) is 6.11 Å². The minimum Gasteiger partial charge on any atom is -0.378 e. The maximum Gasteiger partial charge on any atom is 0.0653 e. The lowest BCUT2D eigenvalue weighted by Crippen LogP contribution is -2.51. The van der Waals surface area contributed by atoms with Crippen LogP contribution in [0, 0.1) is 6.92 Å². The summed E-state index contributed by atoms with van der Waals surface area (Å²) < 4.78 is 13.6. The van der Waals surface area contributed by atoms with E-state index >= 15 is 0 Å². The summed E-state index contributed by atoms with van der Waals surface area (Å²) in [4.78, 5) is 2.29. The number of H-pyrrole nitrogens is 1. The molecule has 0 spiro atoms. The highest BCUT2D eigenvalue weighted by atomic mass is 16.5. The second-order valence-corrected chi connectivity index (χ2v) is 5.99. The normalized spacial score (nSPS) is 24.6. The summed E-state index contributed by atoms with van der Waals surface area (Å²) in [5, 5.41) is 8.38. The summed E-state index contributed by atoms with van der Waals surface area (Å²) in [6.07, 6.45) is 4.14. The van der Waals surface area contributed by atoms with E-state index in [0.29, 0.717) is 19.1 Å². The fraction of sp³-hybridized carbons (Fsp3) is 0.562. The Balaban J connectivity index is 1.53. The Hall–Kier alpha value is -1.39. The summed E-state index contributed by atoms with van der Waals surface area (Å²) in [7, 11) is 0. The van der Waals surface area contributed by atoms with Crippen molar-refractivity contribution in [3.63, 3.8) is 0 Å². The summed E-state index contributed by atoms with van der Waals surface area (Å²) in [6.45, 7) is 5.32. The van der Waals surface area contributed by atoms with Crippen LogP contribution in [-0.2, 0) is 4.74 Å².